The SMILES string of the molecule is C=CCN(CC=C)c1ncnc(NCCC2CC(C)(C)NC(C)(C)C2)n1. The Kier molecular flexibility index (Phi) is 6.75. The lowest BCUT2D eigenvalue weighted by molar-refractivity contribution is 0.125. The topological polar surface area (TPSA) is 66.0 Å². The van der Waals surface area contributed by atoms with Crippen LogP contribution in [-0.4, -0.2) is 45.7 Å². The lowest BCUT2D eigenvalue weighted by Gasteiger charge is -2.46. The van der Waals surface area contributed by atoms with Gasteiger partial charge < -0.3 is 15.5 Å². The minimum Gasteiger partial charge on any atom is -0.354 e. The molecular formula is C20H34N6. The van der Waals surface area contributed by atoms with E-state index in [-0.39, 0.29) is 11.1 Å². The lowest BCUT2D eigenvalue weighted by atomic mass is 9.75. The normalized spacial score (nSPS) is 18.9. The second-order valence-electron chi connectivity index (χ2n) is 8.47. The average molecular weight is 359 g/mol. The van der Waals surface area contributed by atoms with Crippen molar-refractivity contribution in [2.24, 2.45) is 5.92 Å². The third-order valence-corrected chi connectivity index (χ3v) is 4.65. The predicted octanol–water partition coefficient (Wildman–Crippen LogP) is 3.41. The third-order valence-electron chi connectivity index (χ3n) is 4.65. The van der Waals surface area contributed by atoms with Crippen LogP contribution in [0.4, 0.5) is 11.9 Å². The van der Waals surface area contributed by atoms with Gasteiger partial charge in [-0.2, -0.15) is 4.98 Å². The summed E-state index contributed by atoms with van der Waals surface area (Å²) < 4.78 is 0. The first-order valence-electron chi connectivity index (χ1n) is 9.44. The molecule has 0 amide bonds. The van der Waals surface area contributed by atoms with Crippen molar-refractivity contribution in [1.82, 2.24) is 20.3 Å². The fourth-order valence-corrected chi connectivity index (χ4v) is 4.20. The Morgan fingerprint density at radius 3 is 2.35 bits per heavy atom. The molecule has 2 N–H and O–H groups in total. The minimum atomic E-state index is 0.183. The number of rotatable bonds is 9. The maximum absolute atomic E-state index is 4.53. The van der Waals surface area contributed by atoms with Crippen LogP contribution in [0.15, 0.2) is 31.6 Å². The quantitative estimate of drug-likeness (QED) is 0.660. The number of nitrogens with one attached hydrogen (secondary N) is 2. The molecule has 1 aromatic heterocycles. The summed E-state index contributed by atoms with van der Waals surface area (Å²) in [5.74, 6) is 1.96. The van der Waals surface area contributed by atoms with E-state index < -0.39 is 0 Å². The van der Waals surface area contributed by atoms with E-state index in [4.69, 9.17) is 0 Å². The smallest absolute Gasteiger partial charge is 0.230 e. The van der Waals surface area contributed by atoms with Gasteiger partial charge in [0.25, 0.3) is 0 Å². The summed E-state index contributed by atoms with van der Waals surface area (Å²) in [5, 5.41) is 7.10. The molecule has 144 valence electrons. The highest BCUT2D eigenvalue weighted by Gasteiger charge is 2.37. The first-order chi connectivity index (χ1) is 12.2. The molecule has 0 aliphatic carbocycles. The van der Waals surface area contributed by atoms with Gasteiger partial charge in [0.1, 0.15) is 6.33 Å². The van der Waals surface area contributed by atoms with E-state index in [1.54, 1.807) is 6.33 Å². The molecule has 6 heteroatoms. The molecule has 1 aliphatic heterocycles. The number of hydrogen-bond acceptors (Lipinski definition) is 6. The Morgan fingerprint density at radius 2 is 1.77 bits per heavy atom. The van der Waals surface area contributed by atoms with Gasteiger partial charge >= 0.3 is 0 Å². The molecule has 0 radical (unpaired) electrons. The number of aromatic nitrogens is 3. The molecule has 2 rings (SSSR count). The monoisotopic (exact) mass is 358 g/mol. The van der Waals surface area contributed by atoms with Gasteiger partial charge in [0.05, 0.1) is 0 Å². The highest BCUT2D eigenvalue weighted by Crippen LogP contribution is 2.34. The summed E-state index contributed by atoms with van der Waals surface area (Å²) in [5.41, 5.74) is 0.366. The second kappa shape index (κ2) is 8.62. The summed E-state index contributed by atoms with van der Waals surface area (Å²) >= 11 is 0. The molecule has 1 aromatic rings. The van der Waals surface area contributed by atoms with Gasteiger partial charge in [0.2, 0.25) is 11.9 Å². The molecule has 0 atom stereocenters. The molecule has 1 aliphatic rings. The lowest BCUT2D eigenvalue weighted by Crippen LogP contribution is -2.57. The molecule has 6 nitrogen and oxygen atoms in total. The van der Waals surface area contributed by atoms with E-state index in [1.165, 1.54) is 12.8 Å². The summed E-state index contributed by atoms with van der Waals surface area (Å²) in [7, 11) is 0. The Balaban J connectivity index is 1.92. The fraction of sp³-hybridized carbons (Fsp3) is 0.650. The van der Waals surface area contributed by atoms with Crippen LogP contribution in [0.5, 0.6) is 0 Å². The zero-order valence-corrected chi connectivity index (χ0v) is 16.8. The van der Waals surface area contributed by atoms with Crippen LogP contribution in [0.3, 0.4) is 0 Å². The Morgan fingerprint density at radius 1 is 1.15 bits per heavy atom. The molecular weight excluding hydrogens is 324 g/mol. The number of hydrogen-bond donors (Lipinski definition) is 2. The van der Waals surface area contributed by atoms with Crippen molar-refractivity contribution in [3.8, 4) is 0 Å². The summed E-state index contributed by atoms with van der Waals surface area (Å²) in [4.78, 5) is 15.1. The maximum Gasteiger partial charge on any atom is 0.230 e. The zero-order valence-electron chi connectivity index (χ0n) is 16.8. The van der Waals surface area contributed by atoms with E-state index >= 15 is 0 Å². The van der Waals surface area contributed by atoms with Crippen molar-refractivity contribution in [2.45, 2.75) is 58.0 Å². The van der Waals surface area contributed by atoms with Gasteiger partial charge in [-0.3, -0.25) is 0 Å². The van der Waals surface area contributed by atoms with Crippen molar-refractivity contribution in [3.63, 3.8) is 0 Å². The Bertz CT molecular complexity index is 584. The zero-order chi connectivity index (χ0) is 19.2. The maximum atomic E-state index is 4.53. The van der Waals surface area contributed by atoms with E-state index in [9.17, 15) is 0 Å². The van der Waals surface area contributed by atoms with Gasteiger partial charge in [0.15, 0.2) is 0 Å². The van der Waals surface area contributed by atoms with Crippen LogP contribution < -0.4 is 15.5 Å². The highest BCUT2D eigenvalue weighted by atomic mass is 15.3. The van der Waals surface area contributed by atoms with Crippen molar-refractivity contribution < 1.29 is 0 Å². The van der Waals surface area contributed by atoms with E-state index in [2.05, 4.69) is 66.4 Å². The largest absolute Gasteiger partial charge is 0.354 e. The van der Waals surface area contributed by atoms with Crippen molar-refractivity contribution in [1.29, 1.82) is 0 Å². The molecule has 0 unspecified atom stereocenters. The molecule has 0 aromatic carbocycles. The Hall–Kier alpha value is -1.95. The highest BCUT2D eigenvalue weighted by molar-refractivity contribution is 5.37. The van der Waals surface area contributed by atoms with E-state index in [1.807, 2.05) is 17.1 Å². The van der Waals surface area contributed by atoms with Crippen LogP contribution in [0.2, 0.25) is 0 Å². The van der Waals surface area contributed by atoms with Crippen LogP contribution in [0, 0.1) is 5.92 Å². The molecule has 0 bridgehead atoms. The molecule has 26 heavy (non-hydrogen) atoms. The predicted molar refractivity (Wildman–Crippen MR) is 110 cm³/mol. The van der Waals surface area contributed by atoms with E-state index in [0.29, 0.717) is 30.9 Å². The molecule has 1 fully saturated rings. The van der Waals surface area contributed by atoms with Crippen molar-refractivity contribution in [3.05, 3.63) is 31.6 Å². The van der Waals surface area contributed by atoms with Crippen molar-refractivity contribution >= 4 is 11.9 Å². The summed E-state index contributed by atoms with van der Waals surface area (Å²) in [6, 6.07) is 0. The first kappa shape index (κ1) is 20.4. The molecule has 1 saturated heterocycles. The number of anilines is 2. The van der Waals surface area contributed by atoms with Crippen LogP contribution in [0.1, 0.15) is 47.0 Å². The van der Waals surface area contributed by atoms with E-state index in [0.717, 1.165) is 13.0 Å². The molecule has 2 heterocycles. The van der Waals surface area contributed by atoms with Gasteiger partial charge in [-0.15, -0.1) is 13.2 Å². The third kappa shape index (κ3) is 6.09. The van der Waals surface area contributed by atoms with Crippen LogP contribution >= 0.6 is 0 Å². The van der Waals surface area contributed by atoms with Gasteiger partial charge in [-0.05, 0) is 52.9 Å². The van der Waals surface area contributed by atoms with Crippen LogP contribution in [0.25, 0.3) is 0 Å². The Labute approximate surface area is 158 Å². The van der Waals surface area contributed by atoms with Crippen molar-refractivity contribution in [2.75, 3.05) is 29.9 Å². The standard InChI is InChI=1S/C20H34N6/c1-7-11-26(12-8-2)18-23-15-22-17(24-18)21-10-9-16-13-19(3,4)25-20(5,6)14-16/h7-8,15-16,25H,1-2,9-14H2,3-6H3,(H,21,22,23,24). The fourth-order valence-electron chi connectivity index (χ4n) is 4.20. The minimum absolute atomic E-state index is 0.183. The van der Waals surface area contributed by atoms with Gasteiger partial charge in [-0.1, -0.05) is 12.2 Å². The average Bonchev–Trinajstić information content (AvgIpc) is 2.52. The number of piperidine rings is 1. The van der Waals surface area contributed by atoms with Gasteiger partial charge in [0, 0.05) is 30.7 Å². The first-order valence-corrected chi connectivity index (χ1v) is 9.44. The molecule has 0 spiro atoms. The summed E-state index contributed by atoms with van der Waals surface area (Å²) in [6.45, 7) is 19.0. The van der Waals surface area contributed by atoms with Crippen LogP contribution in [-0.2, 0) is 0 Å². The molecule has 0 saturated carbocycles. The van der Waals surface area contributed by atoms with Gasteiger partial charge in [-0.25, -0.2) is 9.97 Å². The summed E-state index contributed by atoms with van der Waals surface area (Å²) in [6.07, 6.45) is 8.71. The number of nitrogens with zero attached hydrogens (tertiary/aromatic N) is 4. The second-order valence-corrected chi connectivity index (χ2v) is 8.47.